The van der Waals surface area contributed by atoms with E-state index in [-0.39, 0.29) is 12.5 Å². The number of carbonyl (C=O) groups excluding carboxylic acids is 1. The Kier molecular flexibility index (Phi) is 4.68. The molecule has 0 saturated carbocycles. The van der Waals surface area contributed by atoms with Crippen LogP contribution in [0.2, 0.25) is 0 Å². The molecule has 5 nitrogen and oxygen atoms in total. The van der Waals surface area contributed by atoms with Gasteiger partial charge in [0.25, 0.3) is 5.91 Å². The van der Waals surface area contributed by atoms with Crippen LogP contribution >= 0.6 is 0 Å². The first-order chi connectivity index (χ1) is 9.74. The number of pyridine rings is 1. The lowest BCUT2D eigenvalue weighted by atomic mass is 10.2. The van der Waals surface area contributed by atoms with Crippen LogP contribution in [0, 0.1) is 0 Å². The number of aliphatic hydroxyl groups is 1. The van der Waals surface area contributed by atoms with Gasteiger partial charge in [-0.2, -0.15) is 0 Å². The molecule has 2 N–H and O–H groups in total. The average Bonchev–Trinajstić information content (AvgIpc) is 2.48. The lowest BCUT2D eigenvalue weighted by Crippen LogP contribution is -2.14. The van der Waals surface area contributed by atoms with Gasteiger partial charge in [0.1, 0.15) is 5.56 Å². The van der Waals surface area contributed by atoms with Crippen LogP contribution in [0.1, 0.15) is 22.8 Å². The molecule has 0 unspecified atom stereocenters. The van der Waals surface area contributed by atoms with Crippen LogP contribution in [0.4, 0.5) is 5.69 Å². The molecule has 5 heteroatoms. The van der Waals surface area contributed by atoms with Crippen LogP contribution in [0.25, 0.3) is 0 Å². The predicted molar refractivity (Wildman–Crippen MR) is 75.7 cm³/mol. The minimum Gasteiger partial charge on any atom is -0.477 e. The molecule has 2 rings (SSSR count). The number of aromatic nitrogens is 1. The molecule has 20 heavy (non-hydrogen) atoms. The van der Waals surface area contributed by atoms with E-state index >= 15 is 0 Å². The number of carbonyl (C=O) groups is 1. The van der Waals surface area contributed by atoms with Crippen molar-refractivity contribution in [2.24, 2.45) is 0 Å². The van der Waals surface area contributed by atoms with E-state index in [2.05, 4.69) is 10.3 Å². The highest BCUT2D eigenvalue weighted by atomic mass is 16.5. The summed E-state index contributed by atoms with van der Waals surface area (Å²) in [4.78, 5) is 16.3. The molecule has 0 radical (unpaired) electrons. The molecule has 0 bridgehead atoms. The van der Waals surface area contributed by atoms with Gasteiger partial charge in [-0.3, -0.25) is 4.79 Å². The molecule has 1 heterocycles. The zero-order valence-corrected chi connectivity index (χ0v) is 11.2. The highest BCUT2D eigenvalue weighted by Crippen LogP contribution is 2.17. The minimum atomic E-state index is -0.295. The summed E-state index contributed by atoms with van der Waals surface area (Å²) in [6.45, 7) is 2.21. The van der Waals surface area contributed by atoms with Crippen molar-refractivity contribution in [1.82, 2.24) is 4.98 Å². The van der Waals surface area contributed by atoms with Gasteiger partial charge in [-0.05, 0) is 36.8 Å². The number of rotatable bonds is 5. The Morgan fingerprint density at radius 2 is 2.20 bits per heavy atom. The van der Waals surface area contributed by atoms with E-state index in [1.54, 1.807) is 42.6 Å². The topological polar surface area (TPSA) is 71.5 Å². The smallest absolute Gasteiger partial charge is 0.261 e. The number of hydrogen-bond acceptors (Lipinski definition) is 4. The third-order valence-electron chi connectivity index (χ3n) is 2.66. The molecule has 0 atom stereocenters. The standard InChI is InChI=1S/C15H16N2O3/c1-2-20-15-13(7-4-8-16-15)14(19)17-12-6-3-5-11(9-12)10-18/h3-9,18H,2,10H2,1H3,(H,17,19). The maximum Gasteiger partial charge on any atom is 0.261 e. The molecule has 0 aliphatic heterocycles. The highest BCUT2D eigenvalue weighted by molar-refractivity contribution is 6.05. The molecule has 1 aromatic heterocycles. The van der Waals surface area contributed by atoms with Crippen molar-refractivity contribution >= 4 is 11.6 Å². The first-order valence-corrected chi connectivity index (χ1v) is 6.33. The number of nitrogens with zero attached hydrogens (tertiary/aromatic N) is 1. The summed E-state index contributed by atoms with van der Waals surface area (Å²) in [6, 6.07) is 10.4. The van der Waals surface area contributed by atoms with Gasteiger partial charge in [0.05, 0.1) is 13.2 Å². The summed E-state index contributed by atoms with van der Waals surface area (Å²) in [5.74, 6) is 0.0162. The molecular weight excluding hydrogens is 256 g/mol. The quantitative estimate of drug-likeness (QED) is 0.875. The third-order valence-corrected chi connectivity index (χ3v) is 2.66. The summed E-state index contributed by atoms with van der Waals surface area (Å²) < 4.78 is 5.33. The lowest BCUT2D eigenvalue weighted by molar-refractivity contribution is 0.102. The Balaban J connectivity index is 2.19. The summed E-state index contributed by atoms with van der Waals surface area (Å²) in [5, 5.41) is 11.8. The summed E-state index contributed by atoms with van der Waals surface area (Å²) in [6.07, 6.45) is 1.58. The van der Waals surface area contributed by atoms with Crippen molar-refractivity contribution in [2.45, 2.75) is 13.5 Å². The Morgan fingerprint density at radius 3 is 2.95 bits per heavy atom. The van der Waals surface area contributed by atoms with Crippen LogP contribution in [-0.2, 0) is 6.61 Å². The van der Waals surface area contributed by atoms with Crippen LogP contribution in [0.5, 0.6) is 5.88 Å². The molecule has 2 aromatic rings. The van der Waals surface area contributed by atoms with Gasteiger partial charge in [-0.15, -0.1) is 0 Å². The maximum atomic E-state index is 12.2. The molecule has 0 saturated heterocycles. The largest absolute Gasteiger partial charge is 0.477 e. The molecule has 104 valence electrons. The molecule has 0 aliphatic carbocycles. The molecule has 0 fully saturated rings. The van der Waals surface area contributed by atoms with Gasteiger partial charge in [0.2, 0.25) is 5.88 Å². The van der Waals surface area contributed by atoms with Crippen LogP contribution in [0.3, 0.4) is 0 Å². The van der Waals surface area contributed by atoms with Crippen LogP contribution in [-0.4, -0.2) is 22.6 Å². The Bertz CT molecular complexity index is 599. The first kappa shape index (κ1) is 14.0. The summed E-state index contributed by atoms with van der Waals surface area (Å²) in [7, 11) is 0. The predicted octanol–water partition coefficient (Wildman–Crippen LogP) is 2.22. The highest BCUT2D eigenvalue weighted by Gasteiger charge is 2.13. The van der Waals surface area contributed by atoms with E-state index < -0.39 is 0 Å². The Labute approximate surface area is 117 Å². The van der Waals surface area contributed by atoms with Gasteiger partial charge >= 0.3 is 0 Å². The zero-order chi connectivity index (χ0) is 14.4. The van der Waals surface area contributed by atoms with Crippen LogP contribution in [0.15, 0.2) is 42.6 Å². The monoisotopic (exact) mass is 272 g/mol. The van der Waals surface area contributed by atoms with E-state index in [0.29, 0.717) is 23.7 Å². The second kappa shape index (κ2) is 6.68. The fraction of sp³-hybridized carbons (Fsp3) is 0.200. The van der Waals surface area contributed by atoms with Crippen molar-refractivity contribution in [3.8, 4) is 5.88 Å². The van der Waals surface area contributed by atoms with E-state index in [1.807, 2.05) is 6.92 Å². The average molecular weight is 272 g/mol. The summed E-state index contributed by atoms with van der Waals surface area (Å²) >= 11 is 0. The first-order valence-electron chi connectivity index (χ1n) is 6.33. The number of anilines is 1. The number of ether oxygens (including phenoxy) is 1. The maximum absolute atomic E-state index is 12.2. The Morgan fingerprint density at radius 1 is 1.35 bits per heavy atom. The van der Waals surface area contributed by atoms with Crippen molar-refractivity contribution < 1.29 is 14.6 Å². The minimum absolute atomic E-state index is 0.0687. The van der Waals surface area contributed by atoms with Crippen molar-refractivity contribution in [3.05, 3.63) is 53.7 Å². The molecule has 1 aromatic carbocycles. The fourth-order valence-corrected chi connectivity index (χ4v) is 1.76. The van der Waals surface area contributed by atoms with Crippen LogP contribution < -0.4 is 10.1 Å². The van der Waals surface area contributed by atoms with Gasteiger partial charge in [-0.1, -0.05) is 12.1 Å². The van der Waals surface area contributed by atoms with Gasteiger partial charge in [-0.25, -0.2) is 4.98 Å². The van der Waals surface area contributed by atoms with E-state index in [9.17, 15) is 4.79 Å². The Hall–Kier alpha value is -2.40. The third kappa shape index (κ3) is 3.33. The second-order valence-electron chi connectivity index (χ2n) is 4.10. The molecule has 0 spiro atoms. The van der Waals surface area contributed by atoms with Gasteiger partial charge in [0, 0.05) is 11.9 Å². The summed E-state index contributed by atoms with van der Waals surface area (Å²) in [5.41, 5.74) is 1.73. The molecule has 0 aliphatic rings. The van der Waals surface area contributed by atoms with Crippen molar-refractivity contribution in [3.63, 3.8) is 0 Å². The second-order valence-corrected chi connectivity index (χ2v) is 4.10. The van der Waals surface area contributed by atoms with E-state index in [4.69, 9.17) is 9.84 Å². The van der Waals surface area contributed by atoms with Gasteiger partial charge in [0.15, 0.2) is 0 Å². The van der Waals surface area contributed by atoms with E-state index in [0.717, 1.165) is 5.56 Å². The van der Waals surface area contributed by atoms with Crippen molar-refractivity contribution in [2.75, 3.05) is 11.9 Å². The SMILES string of the molecule is CCOc1ncccc1C(=O)Nc1cccc(CO)c1. The fourth-order valence-electron chi connectivity index (χ4n) is 1.76. The zero-order valence-electron chi connectivity index (χ0n) is 11.2. The number of benzene rings is 1. The number of hydrogen-bond donors (Lipinski definition) is 2. The molecule has 1 amide bonds. The molecular formula is C15H16N2O3. The van der Waals surface area contributed by atoms with Gasteiger partial charge < -0.3 is 15.2 Å². The lowest BCUT2D eigenvalue weighted by Gasteiger charge is -2.09. The normalized spacial score (nSPS) is 10.1. The number of amides is 1. The van der Waals surface area contributed by atoms with E-state index in [1.165, 1.54) is 0 Å². The number of aliphatic hydroxyl groups excluding tert-OH is 1. The van der Waals surface area contributed by atoms with Crippen molar-refractivity contribution in [1.29, 1.82) is 0 Å². The number of nitrogens with one attached hydrogen (secondary N) is 1.